The monoisotopic (exact) mass is 382 g/mol. The van der Waals surface area contributed by atoms with Gasteiger partial charge in [0, 0.05) is 19.6 Å². The summed E-state index contributed by atoms with van der Waals surface area (Å²) in [5, 5.41) is 8.15. The quantitative estimate of drug-likeness (QED) is 0.624. The fraction of sp³-hybridized carbons (Fsp3) is 0.364. The largest absolute Gasteiger partial charge is 0.350 e. The van der Waals surface area contributed by atoms with E-state index in [0.717, 1.165) is 24.2 Å². The molecule has 0 aliphatic carbocycles. The Hall–Kier alpha value is -2.86. The zero-order chi connectivity index (χ0) is 20.4. The van der Waals surface area contributed by atoms with Crippen LogP contribution in [0.25, 0.3) is 0 Å². The molecule has 0 saturated heterocycles. The van der Waals surface area contributed by atoms with E-state index in [1.54, 1.807) is 0 Å². The molecule has 0 heterocycles. The van der Waals surface area contributed by atoms with Gasteiger partial charge in [-0.25, -0.2) is 4.79 Å². The van der Waals surface area contributed by atoms with Gasteiger partial charge in [-0.2, -0.15) is 0 Å². The van der Waals surface area contributed by atoms with E-state index in [1.807, 2.05) is 43.3 Å². The Morgan fingerprint density at radius 1 is 0.893 bits per heavy atom. The minimum absolute atomic E-state index is 0.0575. The van der Waals surface area contributed by atoms with Gasteiger partial charge in [0.25, 0.3) is 0 Å². The number of rotatable bonds is 9. The molecule has 0 spiro atoms. The number of aryl methyl sites for hydroxylation is 1. The highest BCUT2D eigenvalue weighted by Crippen LogP contribution is 2.07. The van der Waals surface area contributed by atoms with E-state index in [9.17, 15) is 9.59 Å². The fourth-order valence-corrected chi connectivity index (χ4v) is 2.64. The van der Waals surface area contributed by atoms with Gasteiger partial charge in [-0.1, -0.05) is 61.0 Å². The zero-order valence-electron chi connectivity index (χ0n) is 16.9. The summed E-state index contributed by atoms with van der Waals surface area (Å²) < 4.78 is 0. The summed E-state index contributed by atoms with van der Waals surface area (Å²) in [4.78, 5) is 26.0. The van der Waals surface area contributed by atoms with Gasteiger partial charge in [0.2, 0.25) is 5.91 Å². The maximum Gasteiger partial charge on any atom is 0.315 e. The summed E-state index contributed by atoms with van der Waals surface area (Å²) >= 11 is 0. The standard InChI is InChI=1S/C22H30N4O2/c1-4-26(3)16-20-7-5-6-19(12-20)14-23-21(27)15-25-22(28)24-13-18-10-8-17(2)9-11-18/h5-12H,4,13-16H2,1-3H3,(H,23,27)(H2,24,25,28). The summed E-state index contributed by atoms with van der Waals surface area (Å²) in [6.07, 6.45) is 0. The van der Waals surface area contributed by atoms with Gasteiger partial charge < -0.3 is 20.9 Å². The molecule has 0 bridgehead atoms. The average Bonchev–Trinajstić information content (AvgIpc) is 2.70. The predicted molar refractivity (Wildman–Crippen MR) is 112 cm³/mol. The lowest BCUT2D eigenvalue weighted by Gasteiger charge is -2.14. The maximum absolute atomic E-state index is 12.0. The third-order valence-corrected chi connectivity index (χ3v) is 4.46. The lowest BCUT2D eigenvalue weighted by Crippen LogP contribution is -2.41. The van der Waals surface area contributed by atoms with E-state index in [1.165, 1.54) is 11.1 Å². The Bertz CT molecular complexity index is 774. The van der Waals surface area contributed by atoms with Crippen LogP contribution in [0.1, 0.15) is 29.2 Å². The highest BCUT2D eigenvalue weighted by Gasteiger charge is 2.06. The van der Waals surface area contributed by atoms with Crippen LogP contribution in [-0.4, -0.2) is 37.0 Å². The highest BCUT2D eigenvalue weighted by molar-refractivity contribution is 5.83. The second-order valence-electron chi connectivity index (χ2n) is 6.95. The summed E-state index contributed by atoms with van der Waals surface area (Å²) in [6, 6.07) is 15.7. The van der Waals surface area contributed by atoms with Crippen LogP contribution in [0.2, 0.25) is 0 Å². The van der Waals surface area contributed by atoms with Crippen LogP contribution in [0.15, 0.2) is 48.5 Å². The number of carbonyl (C=O) groups excluding carboxylic acids is 2. The van der Waals surface area contributed by atoms with Crippen molar-refractivity contribution in [2.75, 3.05) is 20.1 Å². The van der Waals surface area contributed by atoms with Crippen molar-refractivity contribution < 1.29 is 9.59 Å². The van der Waals surface area contributed by atoms with Crippen LogP contribution in [0, 0.1) is 6.92 Å². The van der Waals surface area contributed by atoms with Gasteiger partial charge in [-0.3, -0.25) is 4.79 Å². The molecule has 0 aliphatic rings. The van der Waals surface area contributed by atoms with Gasteiger partial charge in [0.15, 0.2) is 0 Å². The van der Waals surface area contributed by atoms with Crippen LogP contribution in [0.5, 0.6) is 0 Å². The van der Waals surface area contributed by atoms with E-state index in [0.29, 0.717) is 13.1 Å². The van der Waals surface area contributed by atoms with Crippen molar-refractivity contribution in [2.45, 2.75) is 33.5 Å². The molecule has 2 aromatic carbocycles. The first-order valence-corrected chi connectivity index (χ1v) is 9.56. The lowest BCUT2D eigenvalue weighted by atomic mass is 10.1. The third kappa shape index (κ3) is 7.80. The minimum atomic E-state index is -0.361. The van der Waals surface area contributed by atoms with Crippen molar-refractivity contribution in [3.05, 3.63) is 70.8 Å². The van der Waals surface area contributed by atoms with Crippen LogP contribution in [-0.2, 0) is 24.4 Å². The highest BCUT2D eigenvalue weighted by atomic mass is 16.2. The Balaban J connectivity index is 1.68. The van der Waals surface area contributed by atoms with Gasteiger partial charge in [-0.05, 0) is 37.2 Å². The van der Waals surface area contributed by atoms with Crippen molar-refractivity contribution in [3.8, 4) is 0 Å². The number of hydrogen-bond acceptors (Lipinski definition) is 3. The molecular formula is C22H30N4O2. The van der Waals surface area contributed by atoms with E-state index >= 15 is 0 Å². The van der Waals surface area contributed by atoms with Gasteiger partial charge in [0.1, 0.15) is 0 Å². The Kier molecular flexibility index (Phi) is 8.49. The van der Waals surface area contributed by atoms with Gasteiger partial charge in [0.05, 0.1) is 6.54 Å². The lowest BCUT2D eigenvalue weighted by molar-refractivity contribution is -0.120. The summed E-state index contributed by atoms with van der Waals surface area (Å²) in [5.74, 6) is -0.221. The van der Waals surface area contributed by atoms with Crippen molar-refractivity contribution in [1.82, 2.24) is 20.9 Å². The second kappa shape index (κ2) is 11.1. The summed E-state index contributed by atoms with van der Waals surface area (Å²) in [7, 11) is 2.07. The van der Waals surface area contributed by atoms with Crippen LogP contribution in [0.4, 0.5) is 4.79 Å². The number of urea groups is 1. The first kappa shape index (κ1) is 21.4. The SMILES string of the molecule is CCN(C)Cc1cccc(CNC(=O)CNC(=O)NCc2ccc(C)cc2)c1. The zero-order valence-corrected chi connectivity index (χ0v) is 16.9. The number of nitrogens with one attached hydrogen (secondary N) is 3. The molecule has 150 valence electrons. The predicted octanol–water partition coefficient (Wildman–Crippen LogP) is 2.56. The fourth-order valence-electron chi connectivity index (χ4n) is 2.64. The van der Waals surface area contributed by atoms with Crippen LogP contribution < -0.4 is 16.0 Å². The molecule has 0 aromatic heterocycles. The Labute approximate surface area is 167 Å². The first-order valence-electron chi connectivity index (χ1n) is 9.56. The third-order valence-electron chi connectivity index (χ3n) is 4.46. The van der Waals surface area contributed by atoms with E-state index < -0.39 is 0 Å². The number of benzene rings is 2. The number of amides is 3. The smallest absolute Gasteiger partial charge is 0.315 e. The summed E-state index contributed by atoms with van der Waals surface area (Å²) in [6.45, 7) is 6.80. The minimum Gasteiger partial charge on any atom is -0.350 e. The molecule has 0 radical (unpaired) electrons. The van der Waals surface area contributed by atoms with Gasteiger partial charge in [-0.15, -0.1) is 0 Å². The number of hydrogen-bond donors (Lipinski definition) is 3. The average molecular weight is 383 g/mol. The summed E-state index contributed by atoms with van der Waals surface area (Å²) in [5.41, 5.74) is 4.44. The van der Waals surface area contributed by atoms with Crippen LogP contribution in [0.3, 0.4) is 0 Å². The van der Waals surface area contributed by atoms with Crippen LogP contribution >= 0.6 is 0 Å². The molecule has 0 fully saturated rings. The maximum atomic E-state index is 12.0. The molecule has 0 saturated carbocycles. The molecule has 0 aliphatic heterocycles. The van der Waals surface area contributed by atoms with E-state index in [2.05, 4.69) is 47.0 Å². The molecule has 2 rings (SSSR count). The molecule has 28 heavy (non-hydrogen) atoms. The molecule has 6 heteroatoms. The van der Waals surface area contributed by atoms with Crippen molar-refractivity contribution in [2.24, 2.45) is 0 Å². The normalized spacial score (nSPS) is 10.6. The molecular weight excluding hydrogens is 352 g/mol. The number of carbonyl (C=O) groups is 2. The Morgan fingerprint density at radius 2 is 1.57 bits per heavy atom. The van der Waals surface area contributed by atoms with Crippen molar-refractivity contribution in [1.29, 1.82) is 0 Å². The van der Waals surface area contributed by atoms with Crippen molar-refractivity contribution in [3.63, 3.8) is 0 Å². The van der Waals surface area contributed by atoms with E-state index in [4.69, 9.17) is 0 Å². The molecule has 0 atom stereocenters. The van der Waals surface area contributed by atoms with Gasteiger partial charge >= 0.3 is 6.03 Å². The molecule has 0 unspecified atom stereocenters. The molecule has 3 N–H and O–H groups in total. The molecule has 3 amide bonds. The van der Waals surface area contributed by atoms with Crippen molar-refractivity contribution >= 4 is 11.9 Å². The topological polar surface area (TPSA) is 73.5 Å². The first-order chi connectivity index (χ1) is 13.5. The Morgan fingerprint density at radius 3 is 2.29 bits per heavy atom. The molecule has 6 nitrogen and oxygen atoms in total. The van der Waals surface area contributed by atoms with E-state index in [-0.39, 0.29) is 18.5 Å². The second-order valence-corrected chi connectivity index (χ2v) is 6.95. The molecule has 2 aromatic rings. The number of nitrogens with zero attached hydrogens (tertiary/aromatic N) is 1.